The zero-order chi connectivity index (χ0) is 15.4. The molecule has 2 aromatic heterocycles. The summed E-state index contributed by atoms with van der Waals surface area (Å²) in [5, 5.41) is 0. The lowest BCUT2D eigenvalue weighted by atomic mass is 10.3. The second kappa shape index (κ2) is 6.34. The van der Waals surface area contributed by atoms with Crippen LogP contribution in [0.25, 0.3) is 11.2 Å². The first kappa shape index (κ1) is 14.2. The Bertz CT molecular complexity index is 753. The van der Waals surface area contributed by atoms with E-state index in [0.29, 0.717) is 35.8 Å². The molecule has 0 aliphatic heterocycles. The van der Waals surface area contributed by atoms with E-state index in [1.165, 1.54) is 0 Å². The molecule has 0 saturated carbocycles. The van der Waals surface area contributed by atoms with Crippen molar-refractivity contribution in [1.29, 1.82) is 0 Å². The minimum Gasteiger partial charge on any atom is -0.497 e. The van der Waals surface area contributed by atoms with Crippen molar-refractivity contribution in [2.75, 3.05) is 19.5 Å². The maximum absolute atomic E-state index is 5.67. The number of oxazole rings is 1. The average molecular weight is 299 g/mol. The summed E-state index contributed by atoms with van der Waals surface area (Å²) in [6.45, 7) is 0.584. The molecule has 0 saturated heterocycles. The second-order valence-corrected chi connectivity index (χ2v) is 4.83. The average Bonchev–Trinajstić information content (AvgIpc) is 2.94. The summed E-state index contributed by atoms with van der Waals surface area (Å²) in [7, 11) is 1.64. The van der Waals surface area contributed by atoms with Crippen LogP contribution < -0.4 is 15.2 Å². The van der Waals surface area contributed by atoms with Gasteiger partial charge >= 0.3 is 0 Å². The predicted octanol–water partition coefficient (Wildman–Crippen LogP) is 2.83. The van der Waals surface area contributed by atoms with Crippen LogP contribution in [0.2, 0.25) is 0 Å². The topological polar surface area (TPSA) is 83.4 Å². The van der Waals surface area contributed by atoms with Crippen LogP contribution in [0.3, 0.4) is 0 Å². The Morgan fingerprint density at radius 2 is 1.95 bits per heavy atom. The highest BCUT2D eigenvalue weighted by Gasteiger charge is 2.07. The number of nitrogens with zero attached hydrogens (tertiary/aromatic N) is 2. The predicted molar refractivity (Wildman–Crippen MR) is 83.0 cm³/mol. The summed E-state index contributed by atoms with van der Waals surface area (Å²) < 4.78 is 16.3. The third kappa shape index (κ3) is 3.28. The van der Waals surface area contributed by atoms with Gasteiger partial charge in [0, 0.05) is 6.42 Å². The van der Waals surface area contributed by atoms with Crippen LogP contribution in [0.1, 0.15) is 12.3 Å². The lowest BCUT2D eigenvalue weighted by molar-refractivity contribution is 0.305. The monoisotopic (exact) mass is 299 g/mol. The molecule has 0 unspecified atom stereocenters. The van der Waals surface area contributed by atoms with Crippen molar-refractivity contribution < 1.29 is 13.9 Å². The minimum absolute atomic E-state index is 0.514. The number of aryl methyl sites for hydroxylation is 1. The number of methoxy groups -OCH3 is 1. The zero-order valence-corrected chi connectivity index (χ0v) is 12.3. The molecule has 3 rings (SSSR count). The van der Waals surface area contributed by atoms with Crippen LogP contribution in [0.15, 0.2) is 40.9 Å². The summed E-state index contributed by atoms with van der Waals surface area (Å²) in [6, 6.07) is 9.25. The van der Waals surface area contributed by atoms with E-state index in [0.717, 1.165) is 17.9 Å². The van der Waals surface area contributed by atoms with Crippen LogP contribution in [0.4, 0.5) is 5.69 Å². The van der Waals surface area contributed by atoms with Crippen molar-refractivity contribution in [3.8, 4) is 11.5 Å². The molecule has 1 aromatic carbocycles. The first-order valence-corrected chi connectivity index (χ1v) is 7.02. The molecule has 6 nitrogen and oxygen atoms in total. The molecule has 2 N–H and O–H groups in total. The third-order valence-corrected chi connectivity index (χ3v) is 3.18. The van der Waals surface area contributed by atoms with Crippen LogP contribution in [0.5, 0.6) is 11.5 Å². The fourth-order valence-corrected chi connectivity index (χ4v) is 2.08. The Morgan fingerprint density at radius 1 is 1.18 bits per heavy atom. The zero-order valence-electron chi connectivity index (χ0n) is 12.3. The Morgan fingerprint density at radius 3 is 2.73 bits per heavy atom. The number of ether oxygens (including phenoxy) is 2. The van der Waals surface area contributed by atoms with E-state index >= 15 is 0 Å². The van der Waals surface area contributed by atoms with Gasteiger partial charge in [0.05, 0.1) is 25.6 Å². The molecular formula is C16H17N3O3. The summed E-state index contributed by atoms with van der Waals surface area (Å²) in [6.07, 6.45) is 3.05. The van der Waals surface area contributed by atoms with Gasteiger partial charge in [-0.1, -0.05) is 0 Å². The third-order valence-electron chi connectivity index (χ3n) is 3.18. The molecule has 0 aliphatic carbocycles. The molecule has 0 fully saturated rings. The number of anilines is 1. The number of hydrogen-bond donors (Lipinski definition) is 1. The van der Waals surface area contributed by atoms with E-state index in [-0.39, 0.29) is 0 Å². The van der Waals surface area contributed by atoms with Crippen LogP contribution in [-0.4, -0.2) is 23.7 Å². The van der Waals surface area contributed by atoms with Crippen molar-refractivity contribution in [1.82, 2.24) is 9.97 Å². The van der Waals surface area contributed by atoms with Crippen molar-refractivity contribution in [2.45, 2.75) is 12.8 Å². The molecule has 0 amide bonds. The standard InChI is InChI=1S/C16H17N3O3/c1-20-12-4-6-13(7-5-12)21-8-2-3-15-19-14-9-11(17)10-18-16(14)22-15/h4-7,9-10H,2-3,8,17H2,1H3. The molecule has 22 heavy (non-hydrogen) atoms. The number of benzene rings is 1. The van der Waals surface area contributed by atoms with Gasteiger partial charge in [-0.15, -0.1) is 0 Å². The van der Waals surface area contributed by atoms with E-state index < -0.39 is 0 Å². The number of hydrogen-bond acceptors (Lipinski definition) is 6. The smallest absolute Gasteiger partial charge is 0.247 e. The maximum atomic E-state index is 5.67. The van der Waals surface area contributed by atoms with Crippen molar-refractivity contribution >= 4 is 16.9 Å². The van der Waals surface area contributed by atoms with Gasteiger partial charge in [0.1, 0.15) is 17.0 Å². The highest BCUT2D eigenvalue weighted by atomic mass is 16.5. The molecule has 0 spiro atoms. The molecule has 0 radical (unpaired) electrons. The Balaban J connectivity index is 1.51. The van der Waals surface area contributed by atoms with Gasteiger partial charge in [0.15, 0.2) is 5.89 Å². The number of pyridine rings is 1. The molecule has 0 aliphatic rings. The summed E-state index contributed by atoms with van der Waals surface area (Å²) in [5.74, 6) is 2.27. The van der Waals surface area contributed by atoms with E-state index in [2.05, 4.69) is 9.97 Å². The fraction of sp³-hybridized carbons (Fsp3) is 0.250. The normalized spacial score (nSPS) is 10.8. The highest BCUT2D eigenvalue weighted by molar-refractivity contribution is 5.71. The molecule has 6 heteroatoms. The first-order chi connectivity index (χ1) is 10.7. The van der Waals surface area contributed by atoms with Crippen molar-refractivity contribution in [3.63, 3.8) is 0 Å². The van der Waals surface area contributed by atoms with E-state index in [1.807, 2.05) is 24.3 Å². The summed E-state index contributed by atoms with van der Waals surface area (Å²) >= 11 is 0. The number of rotatable bonds is 6. The van der Waals surface area contributed by atoms with Gasteiger partial charge < -0.3 is 19.6 Å². The molecular weight excluding hydrogens is 282 g/mol. The molecule has 0 bridgehead atoms. The summed E-state index contributed by atoms with van der Waals surface area (Å²) in [4.78, 5) is 8.46. The molecule has 2 heterocycles. The summed E-state index contributed by atoms with van der Waals surface area (Å²) in [5.41, 5.74) is 7.45. The van der Waals surface area contributed by atoms with Crippen LogP contribution in [-0.2, 0) is 6.42 Å². The van der Waals surface area contributed by atoms with Gasteiger partial charge in [-0.05, 0) is 36.8 Å². The van der Waals surface area contributed by atoms with Crippen LogP contribution in [0, 0.1) is 0 Å². The molecule has 3 aromatic rings. The van der Waals surface area contributed by atoms with E-state index in [4.69, 9.17) is 19.6 Å². The number of fused-ring (bicyclic) bond motifs is 1. The molecule has 114 valence electrons. The van der Waals surface area contributed by atoms with E-state index in [1.54, 1.807) is 19.4 Å². The number of aromatic nitrogens is 2. The fourth-order valence-electron chi connectivity index (χ4n) is 2.08. The Kier molecular flexibility index (Phi) is 4.09. The molecule has 0 atom stereocenters. The quantitative estimate of drug-likeness (QED) is 0.705. The van der Waals surface area contributed by atoms with E-state index in [9.17, 15) is 0 Å². The van der Waals surface area contributed by atoms with Gasteiger partial charge in [-0.3, -0.25) is 0 Å². The minimum atomic E-state index is 0.514. The number of nitrogen functional groups attached to an aromatic ring is 1. The van der Waals surface area contributed by atoms with Gasteiger partial charge in [-0.25, -0.2) is 9.97 Å². The number of nitrogens with two attached hydrogens (primary N) is 1. The second-order valence-electron chi connectivity index (χ2n) is 4.83. The highest BCUT2D eigenvalue weighted by Crippen LogP contribution is 2.18. The van der Waals surface area contributed by atoms with Crippen molar-refractivity contribution in [2.24, 2.45) is 0 Å². The van der Waals surface area contributed by atoms with Crippen molar-refractivity contribution in [3.05, 3.63) is 42.4 Å². The SMILES string of the molecule is COc1ccc(OCCCc2nc3cc(N)cnc3o2)cc1. The Labute approximate surface area is 127 Å². The lowest BCUT2D eigenvalue weighted by Crippen LogP contribution is -1.99. The van der Waals surface area contributed by atoms with Gasteiger partial charge in [0.2, 0.25) is 5.71 Å². The first-order valence-electron chi connectivity index (χ1n) is 7.02. The van der Waals surface area contributed by atoms with Gasteiger partial charge in [-0.2, -0.15) is 0 Å². The van der Waals surface area contributed by atoms with Crippen LogP contribution >= 0.6 is 0 Å². The van der Waals surface area contributed by atoms with Gasteiger partial charge in [0.25, 0.3) is 0 Å². The largest absolute Gasteiger partial charge is 0.497 e. The Hall–Kier alpha value is -2.76. The maximum Gasteiger partial charge on any atom is 0.247 e. The lowest BCUT2D eigenvalue weighted by Gasteiger charge is -2.06.